The van der Waals surface area contributed by atoms with Gasteiger partial charge in [-0.2, -0.15) is 0 Å². The third-order valence-electron chi connectivity index (χ3n) is 1.32. The summed E-state index contributed by atoms with van der Waals surface area (Å²) >= 11 is 1.62. The van der Waals surface area contributed by atoms with Crippen LogP contribution in [0, 0.1) is 12.3 Å². The number of hydrogen-bond acceptors (Lipinski definition) is 3. The van der Waals surface area contributed by atoms with E-state index in [4.69, 9.17) is 11.5 Å². The van der Waals surface area contributed by atoms with Crippen LogP contribution in [0.5, 0.6) is 0 Å². The smallest absolute Gasteiger partial charge is 0.220 e. The topological polar surface area (TPSA) is 49.3 Å². The number of carbonyl (C=O) groups excluding carboxylic acids is 1. The number of carbonyl (C=O) groups is 1. The number of terminal acetylenes is 1. The van der Waals surface area contributed by atoms with Crippen LogP contribution < -0.4 is 5.32 Å². The number of aliphatic hydroxyl groups is 1. The Hall–Kier alpha value is -0.660. The van der Waals surface area contributed by atoms with Gasteiger partial charge in [-0.25, -0.2) is 0 Å². The Morgan fingerprint density at radius 1 is 1.62 bits per heavy atom. The van der Waals surface area contributed by atoms with Gasteiger partial charge in [0.2, 0.25) is 5.91 Å². The fraction of sp³-hybridized carbons (Fsp3) is 0.667. The molecule has 0 rings (SSSR count). The van der Waals surface area contributed by atoms with E-state index in [9.17, 15) is 4.79 Å². The standard InChI is InChI=1S/C9H15NO2S/c1-2-7-13-8-5-10-9(12)4-3-6-11/h1,11H,3-8H2,(H,10,12). The first kappa shape index (κ1) is 12.3. The first-order valence-electron chi connectivity index (χ1n) is 4.20. The lowest BCUT2D eigenvalue weighted by Gasteiger charge is -2.02. The van der Waals surface area contributed by atoms with E-state index in [2.05, 4.69) is 11.2 Å². The summed E-state index contributed by atoms with van der Waals surface area (Å²) in [5, 5.41) is 11.2. The zero-order valence-corrected chi connectivity index (χ0v) is 8.40. The summed E-state index contributed by atoms with van der Waals surface area (Å²) in [4.78, 5) is 11.0. The molecule has 0 aromatic heterocycles. The molecule has 0 spiro atoms. The van der Waals surface area contributed by atoms with Gasteiger partial charge >= 0.3 is 0 Å². The first-order valence-corrected chi connectivity index (χ1v) is 5.35. The second-order valence-corrected chi connectivity index (χ2v) is 3.54. The lowest BCUT2D eigenvalue weighted by Crippen LogP contribution is -2.25. The Bertz CT molecular complexity index is 177. The van der Waals surface area contributed by atoms with E-state index in [1.54, 1.807) is 11.8 Å². The fourth-order valence-electron chi connectivity index (χ4n) is 0.722. The van der Waals surface area contributed by atoms with E-state index < -0.39 is 0 Å². The summed E-state index contributed by atoms with van der Waals surface area (Å²) in [6, 6.07) is 0. The van der Waals surface area contributed by atoms with Gasteiger partial charge in [-0.1, -0.05) is 5.92 Å². The minimum Gasteiger partial charge on any atom is -0.396 e. The number of rotatable bonds is 7. The molecule has 1 amide bonds. The van der Waals surface area contributed by atoms with Crippen molar-refractivity contribution < 1.29 is 9.90 Å². The minimum atomic E-state index is -0.00430. The number of nitrogens with one attached hydrogen (secondary N) is 1. The van der Waals surface area contributed by atoms with Crippen LogP contribution in [-0.4, -0.2) is 35.7 Å². The molecule has 0 saturated carbocycles. The average molecular weight is 201 g/mol. The zero-order chi connectivity index (χ0) is 9.94. The number of thioether (sulfide) groups is 1. The van der Waals surface area contributed by atoms with Crippen molar-refractivity contribution in [1.29, 1.82) is 0 Å². The highest BCUT2D eigenvalue weighted by atomic mass is 32.2. The maximum absolute atomic E-state index is 11.0. The maximum Gasteiger partial charge on any atom is 0.220 e. The summed E-state index contributed by atoms with van der Waals surface area (Å²) in [5.41, 5.74) is 0. The predicted molar refractivity (Wildman–Crippen MR) is 55.5 cm³/mol. The van der Waals surface area contributed by atoms with Crippen molar-refractivity contribution in [3.05, 3.63) is 0 Å². The molecule has 0 aromatic carbocycles. The SMILES string of the molecule is C#CCSCCNC(=O)CCCO. The average Bonchev–Trinajstić information content (AvgIpc) is 2.14. The monoisotopic (exact) mass is 201 g/mol. The van der Waals surface area contributed by atoms with Crippen LogP contribution in [0.4, 0.5) is 0 Å². The van der Waals surface area contributed by atoms with Crippen molar-refractivity contribution in [1.82, 2.24) is 5.32 Å². The molecule has 0 bridgehead atoms. The van der Waals surface area contributed by atoms with Crippen molar-refractivity contribution in [3.63, 3.8) is 0 Å². The largest absolute Gasteiger partial charge is 0.396 e. The van der Waals surface area contributed by atoms with E-state index in [1.807, 2.05) is 0 Å². The highest BCUT2D eigenvalue weighted by Gasteiger charge is 1.98. The van der Waals surface area contributed by atoms with Crippen molar-refractivity contribution >= 4 is 17.7 Å². The fourth-order valence-corrected chi connectivity index (χ4v) is 1.23. The van der Waals surface area contributed by atoms with Gasteiger partial charge in [-0.15, -0.1) is 18.2 Å². The van der Waals surface area contributed by atoms with Crippen LogP contribution in [0.2, 0.25) is 0 Å². The van der Waals surface area contributed by atoms with Crippen LogP contribution in [0.3, 0.4) is 0 Å². The highest BCUT2D eigenvalue weighted by Crippen LogP contribution is 1.95. The van der Waals surface area contributed by atoms with E-state index in [-0.39, 0.29) is 12.5 Å². The molecular formula is C9H15NO2S. The minimum absolute atomic E-state index is 0.00430. The van der Waals surface area contributed by atoms with Crippen LogP contribution in [0.25, 0.3) is 0 Å². The van der Waals surface area contributed by atoms with E-state index in [0.29, 0.717) is 25.1 Å². The Balaban J connectivity index is 3.13. The van der Waals surface area contributed by atoms with Gasteiger partial charge in [0.25, 0.3) is 0 Å². The van der Waals surface area contributed by atoms with Crippen LogP contribution in [0.15, 0.2) is 0 Å². The Labute approximate surface area is 83.3 Å². The summed E-state index contributed by atoms with van der Waals surface area (Å²) in [7, 11) is 0. The summed E-state index contributed by atoms with van der Waals surface area (Å²) in [6.07, 6.45) is 5.98. The van der Waals surface area contributed by atoms with Gasteiger partial charge in [-0.05, 0) is 6.42 Å². The van der Waals surface area contributed by atoms with Gasteiger partial charge in [0.15, 0.2) is 0 Å². The van der Waals surface area contributed by atoms with Gasteiger partial charge in [0.05, 0.1) is 5.75 Å². The molecule has 0 fully saturated rings. The van der Waals surface area contributed by atoms with Crippen LogP contribution in [0.1, 0.15) is 12.8 Å². The Kier molecular flexibility index (Phi) is 8.95. The maximum atomic E-state index is 11.0. The summed E-state index contributed by atoms with van der Waals surface area (Å²) in [6.45, 7) is 0.718. The van der Waals surface area contributed by atoms with Gasteiger partial charge in [-0.3, -0.25) is 4.79 Å². The molecule has 74 valence electrons. The molecule has 0 atom stereocenters. The molecule has 0 aliphatic heterocycles. The van der Waals surface area contributed by atoms with Crippen molar-refractivity contribution in [2.75, 3.05) is 24.7 Å². The molecule has 0 aliphatic carbocycles. The van der Waals surface area contributed by atoms with Crippen molar-refractivity contribution in [3.8, 4) is 12.3 Å². The molecule has 13 heavy (non-hydrogen) atoms. The molecule has 0 heterocycles. The molecule has 0 aliphatic rings. The molecule has 3 nitrogen and oxygen atoms in total. The second kappa shape index (κ2) is 9.43. The Morgan fingerprint density at radius 3 is 3.00 bits per heavy atom. The molecular weight excluding hydrogens is 186 g/mol. The van der Waals surface area contributed by atoms with Crippen molar-refractivity contribution in [2.45, 2.75) is 12.8 Å². The zero-order valence-electron chi connectivity index (χ0n) is 7.58. The predicted octanol–water partition coefficient (Wildman–Crippen LogP) is 0.242. The highest BCUT2D eigenvalue weighted by molar-refractivity contribution is 7.99. The summed E-state index contributed by atoms with van der Waals surface area (Å²) in [5.74, 6) is 4.03. The van der Waals surface area contributed by atoms with Crippen LogP contribution >= 0.6 is 11.8 Å². The number of aliphatic hydroxyl groups excluding tert-OH is 1. The third kappa shape index (κ3) is 9.25. The van der Waals surface area contributed by atoms with Crippen molar-refractivity contribution in [2.24, 2.45) is 0 Å². The molecule has 2 N–H and O–H groups in total. The second-order valence-electron chi connectivity index (χ2n) is 2.43. The van der Waals surface area contributed by atoms with E-state index in [1.165, 1.54) is 0 Å². The summed E-state index contributed by atoms with van der Waals surface area (Å²) < 4.78 is 0. The van der Waals surface area contributed by atoms with Gasteiger partial charge < -0.3 is 10.4 Å². The molecule has 0 saturated heterocycles. The van der Waals surface area contributed by atoms with Gasteiger partial charge in [0, 0.05) is 25.3 Å². The molecule has 4 heteroatoms. The number of hydrogen-bond donors (Lipinski definition) is 2. The molecule has 0 radical (unpaired) electrons. The number of amides is 1. The Morgan fingerprint density at radius 2 is 2.38 bits per heavy atom. The lowest BCUT2D eigenvalue weighted by molar-refractivity contribution is -0.121. The normalized spacial score (nSPS) is 9.23. The van der Waals surface area contributed by atoms with E-state index >= 15 is 0 Å². The first-order chi connectivity index (χ1) is 6.31. The molecule has 0 aromatic rings. The third-order valence-corrected chi connectivity index (χ3v) is 2.18. The van der Waals surface area contributed by atoms with Gasteiger partial charge in [0.1, 0.15) is 0 Å². The van der Waals surface area contributed by atoms with E-state index in [0.717, 1.165) is 5.75 Å². The quantitative estimate of drug-likeness (QED) is 0.458. The van der Waals surface area contributed by atoms with Crippen LogP contribution in [-0.2, 0) is 4.79 Å². The molecule has 0 unspecified atom stereocenters. The lowest BCUT2D eigenvalue weighted by atomic mass is 10.3.